The largest absolute Gasteiger partial charge is 0.543 e. The fraction of sp³-hybridized carbons (Fsp3) is 0.276. The summed E-state index contributed by atoms with van der Waals surface area (Å²) in [6.07, 6.45) is 5.58. The highest BCUT2D eigenvalue weighted by atomic mass is 32.2. The number of fused-ring (bicyclic) bond motifs is 2. The highest BCUT2D eigenvalue weighted by Gasteiger charge is 2.53. The zero-order chi connectivity index (χ0) is 35.2. The third kappa shape index (κ3) is 6.56. The zero-order valence-corrected chi connectivity index (χ0v) is 28.2. The minimum absolute atomic E-state index is 0.00775. The van der Waals surface area contributed by atoms with Gasteiger partial charge in [0.15, 0.2) is 29.8 Å². The predicted molar refractivity (Wildman–Crippen MR) is 177 cm³/mol. The highest BCUT2D eigenvalue weighted by molar-refractivity contribution is 8.00. The van der Waals surface area contributed by atoms with Gasteiger partial charge < -0.3 is 41.2 Å². The summed E-state index contributed by atoms with van der Waals surface area (Å²) in [5.74, 6) is -4.27. The van der Waals surface area contributed by atoms with Crippen LogP contribution in [0.1, 0.15) is 30.2 Å². The molecule has 6 rings (SSSR count). The van der Waals surface area contributed by atoms with Crippen LogP contribution in [0.5, 0.6) is 0 Å². The van der Waals surface area contributed by atoms with Crippen LogP contribution in [0.3, 0.4) is 0 Å². The molecule has 4 aromatic rings. The monoisotopic (exact) mass is 724 g/mol. The van der Waals surface area contributed by atoms with Gasteiger partial charge >= 0.3 is 5.97 Å². The number of β-lactam (4-membered cyclic amide) rings is 1. The maximum absolute atomic E-state index is 13.3. The first-order valence-electron chi connectivity index (χ1n) is 14.4. The average molecular weight is 725 g/mol. The van der Waals surface area contributed by atoms with Gasteiger partial charge in [-0.05, 0) is 19.9 Å². The van der Waals surface area contributed by atoms with Gasteiger partial charge in [0.05, 0.1) is 29.1 Å². The molecule has 4 aromatic heterocycles. The Bertz CT molecular complexity index is 2100. The van der Waals surface area contributed by atoms with Crippen molar-refractivity contribution in [2.75, 3.05) is 11.5 Å². The molecule has 0 spiro atoms. The van der Waals surface area contributed by atoms with E-state index < -0.39 is 46.5 Å². The lowest BCUT2D eigenvalue weighted by molar-refractivity contribution is -0.687. The van der Waals surface area contributed by atoms with Crippen molar-refractivity contribution in [2.45, 2.75) is 44.0 Å². The van der Waals surface area contributed by atoms with Crippen molar-refractivity contribution in [3.8, 4) is 0 Å². The Labute approximate surface area is 289 Å². The molecule has 0 radical (unpaired) electrons. The third-order valence-electron chi connectivity index (χ3n) is 7.66. The van der Waals surface area contributed by atoms with Gasteiger partial charge in [0, 0.05) is 34.3 Å². The first kappa shape index (κ1) is 33.6. The molecule has 2 atom stereocenters. The molecule has 0 aromatic carbocycles. The lowest BCUT2D eigenvalue weighted by Gasteiger charge is -2.50. The molecule has 20 heteroatoms. The van der Waals surface area contributed by atoms with Crippen molar-refractivity contribution in [1.29, 1.82) is 5.41 Å². The van der Waals surface area contributed by atoms with Gasteiger partial charge in [0.1, 0.15) is 33.6 Å². The van der Waals surface area contributed by atoms with E-state index in [1.807, 2.05) is 33.7 Å². The van der Waals surface area contributed by atoms with Crippen molar-refractivity contribution >= 4 is 85.8 Å². The van der Waals surface area contributed by atoms with Gasteiger partial charge in [-0.2, -0.15) is 0 Å². The maximum atomic E-state index is 13.3. The number of nitrogens with two attached hydrogens (primary N) is 2. The number of hydrogen-bond acceptors (Lipinski definition) is 14. The predicted octanol–water partition coefficient (Wildman–Crippen LogP) is -0.556. The molecular formula is C29H28N10O7S3. The highest BCUT2D eigenvalue weighted by Crippen LogP contribution is 2.40. The Morgan fingerprint density at radius 2 is 2.00 bits per heavy atom. The van der Waals surface area contributed by atoms with Crippen molar-refractivity contribution in [1.82, 2.24) is 24.8 Å². The van der Waals surface area contributed by atoms with Crippen LogP contribution in [0.2, 0.25) is 0 Å². The van der Waals surface area contributed by atoms with Crippen molar-refractivity contribution in [2.24, 2.45) is 10.9 Å². The molecule has 6 heterocycles. The first-order chi connectivity index (χ1) is 23.2. The second kappa shape index (κ2) is 12.9. The van der Waals surface area contributed by atoms with Gasteiger partial charge in [-0.1, -0.05) is 5.16 Å². The summed E-state index contributed by atoms with van der Waals surface area (Å²) in [7, 11) is 0. The van der Waals surface area contributed by atoms with Crippen LogP contribution in [0.15, 0.2) is 57.9 Å². The number of thiazole rings is 2. The van der Waals surface area contributed by atoms with Crippen LogP contribution in [0.4, 0.5) is 5.13 Å². The number of aliphatic carboxylic acids is 2. The summed E-state index contributed by atoms with van der Waals surface area (Å²) < 4.78 is 3.81. The SMILES string of the molecule is CC(C)(ON=C(C(=O)N[C@@H]1C(=O)N2C(C(=O)[O-])=C(C[n+]3ccc4c(ccn4Cc4nc(C(=N)N)cs4)c3)CS[C@H]12)c1csc(N)n1)C(=O)O. The molecule has 7 N–H and O–H groups in total. The van der Waals surface area contributed by atoms with E-state index in [1.165, 1.54) is 42.3 Å². The molecule has 0 saturated carbocycles. The smallest absolute Gasteiger partial charge is 0.350 e. The number of amides is 2. The van der Waals surface area contributed by atoms with Crippen LogP contribution in [-0.2, 0) is 37.1 Å². The van der Waals surface area contributed by atoms with E-state index in [4.69, 9.17) is 21.7 Å². The van der Waals surface area contributed by atoms with E-state index in [-0.39, 0.29) is 34.7 Å². The molecule has 2 aliphatic rings. The number of aromatic nitrogens is 4. The second-order valence-corrected chi connectivity index (χ2v) is 14.4. The van der Waals surface area contributed by atoms with E-state index in [0.29, 0.717) is 17.8 Å². The summed E-state index contributed by atoms with van der Waals surface area (Å²) in [6.45, 7) is 3.13. The number of nitrogens with one attached hydrogen (secondary N) is 2. The molecule has 1 saturated heterocycles. The standard InChI is InChI=1S/C29H28N10O7S3/c1-29(2,27(44)45)46-36-19(15-11-49-28(32)34-15)23(40)35-20-24(41)39-21(26(42)43)14(10-48-25(20)39)8-37-5-4-17-13(7-37)3-6-38(17)9-18-33-16(12-47-18)22(30)31/h3-7,11-12,20,25H,8-10H2,1-2H3,(H7-,30,31,32,34,35,40,42,43,44,45)/t20-,25-/m1/s1. The van der Waals surface area contributed by atoms with Crippen molar-refractivity contribution < 1.29 is 38.8 Å². The summed E-state index contributed by atoms with van der Waals surface area (Å²) in [5.41, 5.74) is 10.6. The zero-order valence-electron chi connectivity index (χ0n) is 25.8. The number of carboxylic acids is 2. The molecule has 254 valence electrons. The van der Waals surface area contributed by atoms with Crippen LogP contribution < -0.4 is 26.5 Å². The molecule has 0 bridgehead atoms. The van der Waals surface area contributed by atoms with E-state index >= 15 is 0 Å². The second-order valence-electron chi connectivity index (χ2n) is 11.5. The normalized spacial score (nSPS) is 17.9. The van der Waals surface area contributed by atoms with Crippen LogP contribution in [0.25, 0.3) is 10.9 Å². The topological polar surface area (TPSA) is 259 Å². The average Bonchev–Trinajstić information content (AvgIpc) is 3.80. The Hall–Kier alpha value is -5.34. The third-order valence-corrected chi connectivity index (χ3v) is 10.5. The van der Waals surface area contributed by atoms with E-state index in [1.54, 1.807) is 11.6 Å². The first-order valence-corrected chi connectivity index (χ1v) is 17.2. The Morgan fingerprint density at radius 1 is 1.24 bits per heavy atom. The number of anilines is 1. The van der Waals surface area contributed by atoms with Gasteiger partial charge in [0.25, 0.3) is 11.8 Å². The molecule has 0 aliphatic carbocycles. The number of carbonyl (C=O) groups excluding carboxylic acids is 3. The number of nitrogen functional groups attached to an aromatic ring is 2. The fourth-order valence-corrected chi connectivity index (χ4v) is 7.78. The molecule has 17 nitrogen and oxygen atoms in total. The summed E-state index contributed by atoms with van der Waals surface area (Å²) in [6, 6.07) is 2.70. The van der Waals surface area contributed by atoms with Gasteiger partial charge in [0.2, 0.25) is 5.60 Å². The number of oxime groups is 1. The van der Waals surface area contributed by atoms with Crippen LogP contribution >= 0.6 is 34.4 Å². The number of pyridine rings is 1. The van der Waals surface area contributed by atoms with E-state index in [0.717, 1.165) is 32.1 Å². The van der Waals surface area contributed by atoms with Crippen molar-refractivity contribution in [3.05, 3.63) is 69.1 Å². The molecular weight excluding hydrogens is 697 g/mol. The summed E-state index contributed by atoms with van der Waals surface area (Å²) in [5, 5.41) is 39.8. The number of carbonyl (C=O) groups is 4. The lowest BCUT2D eigenvalue weighted by atomic mass is 10.0. The van der Waals surface area contributed by atoms with Crippen LogP contribution in [-0.4, -0.2) is 82.6 Å². The number of amidine groups is 1. The molecule has 2 aliphatic heterocycles. The van der Waals surface area contributed by atoms with E-state index in [2.05, 4.69) is 20.4 Å². The van der Waals surface area contributed by atoms with E-state index in [9.17, 15) is 29.4 Å². The van der Waals surface area contributed by atoms with Crippen LogP contribution in [0, 0.1) is 5.41 Å². The quantitative estimate of drug-likeness (QED) is 0.0405. The lowest BCUT2D eigenvalue weighted by Crippen LogP contribution is -2.71. The minimum Gasteiger partial charge on any atom is -0.543 e. The molecule has 49 heavy (non-hydrogen) atoms. The Balaban J connectivity index is 1.18. The van der Waals surface area contributed by atoms with Gasteiger partial charge in [-0.15, -0.1) is 34.4 Å². The minimum atomic E-state index is -1.78. The van der Waals surface area contributed by atoms with Crippen molar-refractivity contribution in [3.63, 3.8) is 0 Å². The maximum Gasteiger partial charge on any atom is 0.350 e. The fourth-order valence-electron chi connectivity index (χ4n) is 5.10. The molecule has 0 unspecified atom stereocenters. The van der Waals surface area contributed by atoms with Gasteiger partial charge in [-0.3, -0.25) is 19.9 Å². The van der Waals surface area contributed by atoms with Gasteiger partial charge in [-0.25, -0.2) is 19.3 Å². The number of carboxylic acid groups (broad SMARTS) is 2. The number of hydrogen-bond donors (Lipinski definition) is 5. The number of thioether (sulfide) groups is 1. The summed E-state index contributed by atoms with van der Waals surface area (Å²) in [4.78, 5) is 65.2. The Morgan fingerprint density at radius 3 is 2.65 bits per heavy atom. The number of rotatable bonds is 12. The molecule has 2 amide bonds. The number of nitrogens with zero attached hydrogens (tertiary/aromatic N) is 6. The Kier molecular flexibility index (Phi) is 8.86. The molecule has 1 fully saturated rings. The summed E-state index contributed by atoms with van der Waals surface area (Å²) >= 11 is 3.70.